The molecule has 0 spiro atoms. The molecule has 1 N–H and O–H groups in total. The van der Waals surface area contributed by atoms with Crippen LogP contribution in [0.4, 0.5) is 5.69 Å². The summed E-state index contributed by atoms with van der Waals surface area (Å²) < 4.78 is 1.08. The number of aryl methyl sites for hydroxylation is 3. The summed E-state index contributed by atoms with van der Waals surface area (Å²) in [7, 11) is 0. The van der Waals surface area contributed by atoms with Crippen molar-refractivity contribution in [1.82, 2.24) is 15.0 Å². The first-order valence-electron chi connectivity index (χ1n) is 8.02. The van der Waals surface area contributed by atoms with E-state index >= 15 is 0 Å². The summed E-state index contributed by atoms with van der Waals surface area (Å²) >= 11 is 4.73. The molecule has 0 aliphatic rings. The lowest BCUT2D eigenvalue weighted by molar-refractivity contribution is -0.113. The van der Waals surface area contributed by atoms with E-state index in [4.69, 9.17) is 0 Å². The molecule has 4 rings (SSSR count). The minimum Gasteiger partial charge on any atom is -0.325 e. The van der Waals surface area contributed by atoms with Gasteiger partial charge in [-0.25, -0.2) is 15.0 Å². The van der Waals surface area contributed by atoms with E-state index < -0.39 is 0 Å². The lowest BCUT2D eigenvalue weighted by Crippen LogP contribution is -2.14. The van der Waals surface area contributed by atoms with Gasteiger partial charge in [0.1, 0.15) is 16.2 Å². The van der Waals surface area contributed by atoms with Crippen LogP contribution >= 0.6 is 34.4 Å². The van der Waals surface area contributed by atoms with E-state index in [-0.39, 0.29) is 5.91 Å². The zero-order valence-electron chi connectivity index (χ0n) is 14.5. The van der Waals surface area contributed by atoms with Gasteiger partial charge in [-0.1, -0.05) is 11.8 Å². The second kappa shape index (κ2) is 6.94. The van der Waals surface area contributed by atoms with Gasteiger partial charge < -0.3 is 5.32 Å². The fourth-order valence-corrected chi connectivity index (χ4v) is 5.49. The number of thiophene rings is 1. The normalized spacial score (nSPS) is 11.3. The molecule has 0 unspecified atom stereocenters. The molecule has 5 nitrogen and oxygen atoms in total. The van der Waals surface area contributed by atoms with Crippen molar-refractivity contribution >= 4 is 66.5 Å². The Hall–Kier alpha value is -2.03. The molecule has 26 heavy (non-hydrogen) atoms. The predicted octanol–water partition coefficient (Wildman–Crippen LogP) is 4.96. The van der Waals surface area contributed by atoms with Crippen molar-refractivity contribution in [1.29, 1.82) is 0 Å². The third kappa shape index (κ3) is 3.32. The molecule has 0 saturated carbocycles. The Balaban J connectivity index is 1.48. The van der Waals surface area contributed by atoms with E-state index in [0.717, 1.165) is 36.2 Å². The molecule has 1 amide bonds. The average Bonchev–Trinajstić information content (AvgIpc) is 3.12. The molecule has 0 aliphatic heterocycles. The number of thioether (sulfide) groups is 1. The summed E-state index contributed by atoms with van der Waals surface area (Å²) in [5, 5.41) is 5.91. The summed E-state index contributed by atoms with van der Waals surface area (Å²) in [4.78, 5) is 27.7. The van der Waals surface area contributed by atoms with Gasteiger partial charge in [-0.3, -0.25) is 4.79 Å². The average molecular weight is 401 g/mol. The molecule has 0 saturated heterocycles. The lowest BCUT2D eigenvalue weighted by Gasteiger charge is -2.06. The minimum absolute atomic E-state index is 0.0491. The maximum atomic E-state index is 12.4. The summed E-state index contributed by atoms with van der Waals surface area (Å²) in [5.74, 6) is 0.257. The van der Waals surface area contributed by atoms with Gasteiger partial charge in [-0.2, -0.15) is 0 Å². The van der Waals surface area contributed by atoms with Crippen molar-refractivity contribution in [2.24, 2.45) is 0 Å². The highest BCUT2D eigenvalue weighted by Gasteiger charge is 2.14. The van der Waals surface area contributed by atoms with Crippen LogP contribution in [0, 0.1) is 20.8 Å². The summed E-state index contributed by atoms with van der Waals surface area (Å²) in [6.45, 7) is 6.14. The smallest absolute Gasteiger partial charge is 0.234 e. The first-order valence-corrected chi connectivity index (χ1v) is 10.6. The monoisotopic (exact) mass is 400 g/mol. The third-order valence-electron chi connectivity index (χ3n) is 4.05. The molecular weight excluding hydrogens is 384 g/mol. The van der Waals surface area contributed by atoms with Crippen LogP contribution < -0.4 is 5.32 Å². The Labute approximate surface area is 162 Å². The van der Waals surface area contributed by atoms with Gasteiger partial charge in [0.25, 0.3) is 0 Å². The molecule has 0 radical (unpaired) electrons. The highest BCUT2D eigenvalue weighted by Crippen LogP contribution is 2.34. The number of carbonyl (C=O) groups is 1. The molecule has 3 aromatic heterocycles. The van der Waals surface area contributed by atoms with Crippen LogP contribution in [0.25, 0.3) is 20.4 Å². The summed E-state index contributed by atoms with van der Waals surface area (Å²) in [5.41, 5.74) is 2.95. The Bertz CT molecular complexity index is 1130. The first-order chi connectivity index (χ1) is 12.5. The third-order valence-corrected chi connectivity index (χ3v) is 7.09. The zero-order chi connectivity index (χ0) is 18.3. The predicted molar refractivity (Wildman–Crippen MR) is 111 cm³/mol. The Kier molecular flexibility index (Phi) is 4.64. The van der Waals surface area contributed by atoms with Gasteiger partial charge in [0.2, 0.25) is 5.91 Å². The number of benzene rings is 1. The van der Waals surface area contributed by atoms with Crippen LogP contribution in [0.2, 0.25) is 0 Å². The SMILES string of the molecule is Cc1nc2ccc(NC(=O)CSc3ncnc4sc(C)c(C)c34)cc2s1. The largest absolute Gasteiger partial charge is 0.325 e. The quantitative estimate of drug-likeness (QED) is 0.387. The molecule has 0 fully saturated rings. The lowest BCUT2D eigenvalue weighted by atomic mass is 10.2. The first kappa shape index (κ1) is 17.4. The van der Waals surface area contributed by atoms with Crippen LogP contribution in [0.3, 0.4) is 0 Å². The molecule has 0 atom stereocenters. The van der Waals surface area contributed by atoms with E-state index in [9.17, 15) is 4.79 Å². The maximum Gasteiger partial charge on any atom is 0.234 e. The number of aromatic nitrogens is 3. The number of rotatable bonds is 4. The zero-order valence-corrected chi connectivity index (χ0v) is 16.9. The van der Waals surface area contributed by atoms with Gasteiger partial charge in [0.05, 0.1) is 21.0 Å². The number of amides is 1. The van der Waals surface area contributed by atoms with Crippen molar-refractivity contribution in [3.8, 4) is 0 Å². The minimum atomic E-state index is -0.0491. The van der Waals surface area contributed by atoms with Crippen LogP contribution in [-0.2, 0) is 4.79 Å². The maximum absolute atomic E-state index is 12.4. The van der Waals surface area contributed by atoms with Gasteiger partial charge in [0.15, 0.2) is 0 Å². The van der Waals surface area contributed by atoms with E-state index in [1.165, 1.54) is 22.2 Å². The fraction of sp³-hybridized carbons (Fsp3) is 0.222. The van der Waals surface area contributed by atoms with Crippen LogP contribution in [0.1, 0.15) is 15.4 Å². The highest BCUT2D eigenvalue weighted by molar-refractivity contribution is 8.00. The second-order valence-electron chi connectivity index (χ2n) is 5.89. The fourth-order valence-electron chi connectivity index (χ4n) is 2.71. The van der Waals surface area contributed by atoms with Crippen molar-refractivity contribution in [3.63, 3.8) is 0 Å². The van der Waals surface area contributed by atoms with Gasteiger partial charge in [0, 0.05) is 16.0 Å². The van der Waals surface area contributed by atoms with E-state index in [1.807, 2.05) is 25.1 Å². The highest BCUT2D eigenvalue weighted by atomic mass is 32.2. The number of nitrogens with one attached hydrogen (secondary N) is 1. The summed E-state index contributed by atoms with van der Waals surface area (Å²) in [6, 6.07) is 5.80. The number of nitrogens with zero attached hydrogens (tertiary/aromatic N) is 3. The van der Waals surface area contributed by atoms with E-state index in [1.54, 1.807) is 29.0 Å². The van der Waals surface area contributed by atoms with E-state index in [2.05, 4.69) is 34.1 Å². The topological polar surface area (TPSA) is 67.8 Å². The van der Waals surface area contributed by atoms with Gasteiger partial charge in [-0.15, -0.1) is 22.7 Å². The van der Waals surface area contributed by atoms with Crippen molar-refractivity contribution < 1.29 is 4.79 Å². The summed E-state index contributed by atoms with van der Waals surface area (Å²) in [6.07, 6.45) is 1.57. The number of carbonyl (C=O) groups excluding carboxylic acids is 1. The van der Waals surface area contributed by atoms with E-state index in [0.29, 0.717) is 5.75 Å². The Morgan fingerprint density at radius 1 is 1.19 bits per heavy atom. The molecule has 8 heteroatoms. The van der Waals surface area contributed by atoms with Crippen LogP contribution in [0.15, 0.2) is 29.6 Å². The number of hydrogen-bond donors (Lipinski definition) is 1. The Morgan fingerprint density at radius 3 is 2.88 bits per heavy atom. The molecule has 132 valence electrons. The molecular formula is C18H16N4OS3. The molecule has 0 aliphatic carbocycles. The molecule has 3 heterocycles. The second-order valence-corrected chi connectivity index (χ2v) is 9.30. The Morgan fingerprint density at radius 2 is 2.04 bits per heavy atom. The molecule has 4 aromatic rings. The van der Waals surface area contributed by atoms with Crippen LogP contribution in [0.5, 0.6) is 0 Å². The number of anilines is 1. The van der Waals surface area contributed by atoms with Gasteiger partial charge >= 0.3 is 0 Å². The number of fused-ring (bicyclic) bond motifs is 2. The molecule has 1 aromatic carbocycles. The standard InChI is InChI=1S/C18H16N4OS3/c1-9-10(2)25-18-16(9)17(19-8-20-18)24-7-15(23)22-12-4-5-13-14(6-12)26-11(3)21-13/h4-6,8H,7H2,1-3H3,(H,22,23). The van der Waals surface area contributed by atoms with Crippen molar-refractivity contribution in [3.05, 3.63) is 40.0 Å². The van der Waals surface area contributed by atoms with Gasteiger partial charge in [-0.05, 0) is 44.5 Å². The van der Waals surface area contributed by atoms with Crippen molar-refractivity contribution in [2.45, 2.75) is 25.8 Å². The van der Waals surface area contributed by atoms with Crippen LogP contribution in [-0.4, -0.2) is 26.6 Å². The number of thiazole rings is 1. The number of hydrogen-bond acceptors (Lipinski definition) is 7. The van der Waals surface area contributed by atoms with Crippen molar-refractivity contribution in [2.75, 3.05) is 11.1 Å². The molecule has 0 bridgehead atoms.